The molecule has 2 aliphatic rings. The van der Waals surface area contributed by atoms with Crippen molar-refractivity contribution in [2.24, 2.45) is 0 Å². The molecule has 1 aliphatic heterocycles. The lowest BCUT2D eigenvalue weighted by Gasteiger charge is -2.17. The number of benzene rings is 1. The van der Waals surface area contributed by atoms with Crippen molar-refractivity contribution in [1.82, 2.24) is 10.1 Å². The number of nitrogens with zero attached hydrogens (tertiary/aromatic N) is 3. The quantitative estimate of drug-likeness (QED) is 0.873. The maximum Gasteiger partial charge on any atom is 0.232 e. The van der Waals surface area contributed by atoms with Gasteiger partial charge < -0.3 is 9.42 Å². The number of carbonyl (C=O) groups excluding carboxylic acids is 1. The van der Waals surface area contributed by atoms with Crippen LogP contribution in [0.1, 0.15) is 53.9 Å². The van der Waals surface area contributed by atoms with Gasteiger partial charge in [-0.2, -0.15) is 4.98 Å². The van der Waals surface area contributed by atoms with Crippen LogP contribution in [0.5, 0.6) is 0 Å². The molecule has 1 saturated carbocycles. The molecule has 22 heavy (non-hydrogen) atoms. The van der Waals surface area contributed by atoms with Crippen molar-refractivity contribution in [3.8, 4) is 0 Å². The number of aryl methyl sites for hydroxylation is 2. The number of hydrogen-bond donors (Lipinski definition) is 0. The summed E-state index contributed by atoms with van der Waals surface area (Å²) in [5.41, 5.74) is 3.39. The molecule has 1 aromatic carbocycles. The fraction of sp³-hybridized carbons (Fsp3) is 0.471. The summed E-state index contributed by atoms with van der Waals surface area (Å²) in [6.45, 7) is 4.76. The van der Waals surface area contributed by atoms with Gasteiger partial charge in [-0.05, 0) is 49.9 Å². The first-order valence-corrected chi connectivity index (χ1v) is 7.83. The highest BCUT2D eigenvalue weighted by molar-refractivity contribution is 5.96. The number of anilines is 1. The summed E-state index contributed by atoms with van der Waals surface area (Å²) in [5.74, 6) is 2.03. The molecule has 4 rings (SSSR count). The molecular weight excluding hydrogens is 278 g/mol. The number of rotatable bonds is 3. The molecule has 114 valence electrons. The van der Waals surface area contributed by atoms with Crippen molar-refractivity contribution >= 4 is 11.6 Å². The molecule has 1 unspecified atom stereocenters. The van der Waals surface area contributed by atoms with Crippen LogP contribution >= 0.6 is 0 Å². The standard InChI is InChI=1S/C17H19N3O2/c1-10-3-6-14(7-11(10)2)20-9-13(8-15(20)21)17-18-16(19-22-17)12-4-5-12/h3,6-7,12-13H,4-5,8-9H2,1-2H3. The molecule has 1 amide bonds. The first-order chi connectivity index (χ1) is 10.6. The summed E-state index contributed by atoms with van der Waals surface area (Å²) < 4.78 is 5.39. The molecule has 5 heteroatoms. The van der Waals surface area contributed by atoms with Crippen LogP contribution in [0.25, 0.3) is 0 Å². The SMILES string of the molecule is Cc1ccc(N2CC(c3nc(C4CC4)no3)CC2=O)cc1C. The van der Waals surface area contributed by atoms with Gasteiger partial charge in [0.25, 0.3) is 0 Å². The Labute approximate surface area is 129 Å². The topological polar surface area (TPSA) is 59.2 Å². The minimum Gasteiger partial charge on any atom is -0.339 e. The van der Waals surface area contributed by atoms with Crippen molar-refractivity contribution < 1.29 is 9.32 Å². The van der Waals surface area contributed by atoms with E-state index < -0.39 is 0 Å². The molecular formula is C17H19N3O2. The number of carbonyl (C=O) groups is 1. The zero-order chi connectivity index (χ0) is 15.3. The van der Waals surface area contributed by atoms with Crippen LogP contribution in [0, 0.1) is 13.8 Å². The van der Waals surface area contributed by atoms with Crippen molar-refractivity contribution in [2.75, 3.05) is 11.4 Å². The maximum atomic E-state index is 12.3. The van der Waals surface area contributed by atoms with Gasteiger partial charge in [0.15, 0.2) is 5.82 Å². The molecule has 0 radical (unpaired) electrons. The van der Waals surface area contributed by atoms with Crippen LogP contribution < -0.4 is 4.90 Å². The second kappa shape index (κ2) is 4.93. The Hall–Kier alpha value is -2.17. The average Bonchev–Trinajstić information content (AvgIpc) is 3.10. The van der Waals surface area contributed by atoms with Crippen LogP contribution in [0.2, 0.25) is 0 Å². The van der Waals surface area contributed by atoms with E-state index in [-0.39, 0.29) is 11.8 Å². The lowest BCUT2D eigenvalue weighted by atomic mass is 10.1. The molecule has 1 saturated heterocycles. The highest BCUT2D eigenvalue weighted by Gasteiger charge is 2.36. The van der Waals surface area contributed by atoms with E-state index in [0.717, 1.165) is 24.4 Å². The third-order valence-corrected chi connectivity index (χ3v) is 4.68. The Morgan fingerprint density at radius 2 is 2.00 bits per heavy atom. The van der Waals surface area contributed by atoms with Gasteiger partial charge in [-0.15, -0.1) is 0 Å². The van der Waals surface area contributed by atoms with Crippen molar-refractivity contribution in [3.63, 3.8) is 0 Å². The third-order valence-electron chi connectivity index (χ3n) is 4.68. The molecule has 1 atom stereocenters. The van der Waals surface area contributed by atoms with Gasteiger partial charge >= 0.3 is 0 Å². The fourth-order valence-corrected chi connectivity index (χ4v) is 2.94. The van der Waals surface area contributed by atoms with E-state index in [0.29, 0.717) is 24.8 Å². The van der Waals surface area contributed by atoms with Gasteiger partial charge in [0.2, 0.25) is 11.8 Å². The van der Waals surface area contributed by atoms with Crippen LogP contribution in [-0.4, -0.2) is 22.6 Å². The molecule has 5 nitrogen and oxygen atoms in total. The lowest BCUT2D eigenvalue weighted by molar-refractivity contribution is -0.117. The molecule has 2 heterocycles. The predicted octanol–water partition coefficient (Wildman–Crippen LogP) is 3.08. The minimum atomic E-state index is 0.00843. The molecule has 1 aromatic heterocycles. The highest BCUT2D eigenvalue weighted by Crippen LogP contribution is 2.39. The van der Waals surface area contributed by atoms with Gasteiger partial charge in [-0.25, -0.2) is 0 Å². The smallest absolute Gasteiger partial charge is 0.232 e. The van der Waals surface area contributed by atoms with E-state index in [9.17, 15) is 4.79 Å². The van der Waals surface area contributed by atoms with Crippen molar-refractivity contribution in [3.05, 3.63) is 41.0 Å². The van der Waals surface area contributed by atoms with Gasteiger partial charge in [-0.3, -0.25) is 4.79 Å². The summed E-state index contributed by atoms with van der Waals surface area (Å²) in [7, 11) is 0. The minimum absolute atomic E-state index is 0.00843. The normalized spacial score (nSPS) is 21.6. The van der Waals surface area contributed by atoms with E-state index in [1.807, 2.05) is 11.0 Å². The predicted molar refractivity (Wildman–Crippen MR) is 81.9 cm³/mol. The van der Waals surface area contributed by atoms with E-state index in [4.69, 9.17) is 4.52 Å². The largest absolute Gasteiger partial charge is 0.339 e. The van der Waals surface area contributed by atoms with Crippen LogP contribution in [0.3, 0.4) is 0 Å². The summed E-state index contributed by atoms with van der Waals surface area (Å²) >= 11 is 0. The van der Waals surface area contributed by atoms with Crippen molar-refractivity contribution in [1.29, 1.82) is 0 Å². The Morgan fingerprint density at radius 1 is 1.18 bits per heavy atom. The molecule has 0 bridgehead atoms. The zero-order valence-corrected chi connectivity index (χ0v) is 12.9. The van der Waals surface area contributed by atoms with E-state index in [2.05, 4.69) is 36.1 Å². The number of aromatic nitrogens is 2. The molecule has 0 N–H and O–H groups in total. The third kappa shape index (κ3) is 2.30. The van der Waals surface area contributed by atoms with Gasteiger partial charge in [0.1, 0.15) is 0 Å². The van der Waals surface area contributed by atoms with Gasteiger partial charge in [0.05, 0.1) is 5.92 Å². The summed E-state index contributed by atoms with van der Waals surface area (Å²) in [4.78, 5) is 18.7. The average molecular weight is 297 g/mol. The van der Waals surface area contributed by atoms with E-state index >= 15 is 0 Å². The Bertz CT molecular complexity index is 733. The second-order valence-corrected chi connectivity index (χ2v) is 6.44. The van der Waals surface area contributed by atoms with E-state index in [1.165, 1.54) is 11.1 Å². The second-order valence-electron chi connectivity index (χ2n) is 6.44. The number of hydrogen-bond acceptors (Lipinski definition) is 4. The molecule has 2 fully saturated rings. The Balaban J connectivity index is 1.55. The zero-order valence-electron chi connectivity index (χ0n) is 12.9. The fourth-order valence-electron chi connectivity index (χ4n) is 2.94. The summed E-state index contributed by atoms with van der Waals surface area (Å²) in [6, 6.07) is 6.13. The summed E-state index contributed by atoms with van der Waals surface area (Å²) in [5, 5.41) is 4.06. The van der Waals surface area contributed by atoms with E-state index in [1.54, 1.807) is 0 Å². The molecule has 2 aromatic rings. The molecule has 0 spiro atoms. The first-order valence-electron chi connectivity index (χ1n) is 7.83. The first kappa shape index (κ1) is 13.5. The highest BCUT2D eigenvalue weighted by atomic mass is 16.5. The van der Waals surface area contributed by atoms with Crippen LogP contribution in [0.4, 0.5) is 5.69 Å². The van der Waals surface area contributed by atoms with Gasteiger partial charge in [-0.1, -0.05) is 11.2 Å². The maximum absolute atomic E-state index is 12.3. The Morgan fingerprint density at radius 3 is 2.73 bits per heavy atom. The Kier molecular flexibility index (Phi) is 3.03. The number of amides is 1. The lowest BCUT2D eigenvalue weighted by Crippen LogP contribution is -2.24. The van der Waals surface area contributed by atoms with Crippen LogP contribution in [-0.2, 0) is 4.79 Å². The van der Waals surface area contributed by atoms with Crippen LogP contribution in [0.15, 0.2) is 22.7 Å². The van der Waals surface area contributed by atoms with Gasteiger partial charge in [0, 0.05) is 24.6 Å². The summed E-state index contributed by atoms with van der Waals surface area (Å²) in [6.07, 6.45) is 2.74. The monoisotopic (exact) mass is 297 g/mol. The molecule has 1 aliphatic carbocycles. The van der Waals surface area contributed by atoms with Crippen molar-refractivity contribution in [2.45, 2.75) is 44.9 Å².